The Morgan fingerprint density at radius 3 is 2.65 bits per heavy atom. The van der Waals surface area contributed by atoms with Crippen molar-refractivity contribution in [3.63, 3.8) is 0 Å². The first-order valence-corrected chi connectivity index (χ1v) is 7.09. The van der Waals surface area contributed by atoms with Gasteiger partial charge in [0, 0.05) is 13.0 Å². The fourth-order valence-corrected chi connectivity index (χ4v) is 2.31. The Kier molecular flexibility index (Phi) is 4.77. The number of carbonyl (C=O) groups is 2. The molecule has 0 saturated carbocycles. The highest BCUT2D eigenvalue weighted by molar-refractivity contribution is 5.92. The van der Waals surface area contributed by atoms with Crippen molar-refractivity contribution in [1.29, 1.82) is 0 Å². The molecule has 108 valence electrons. The second-order valence-corrected chi connectivity index (χ2v) is 5.54. The largest absolute Gasteiger partial charge is 0.444 e. The highest BCUT2D eigenvalue weighted by atomic mass is 16.6. The molecule has 1 aromatic carbocycles. The van der Waals surface area contributed by atoms with Crippen molar-refractivity contribution < 1.29 is 14.3 Å². The first-order chi connectivity index (χ1) is 9.58. The topological polar surface area (TPSA) is 46.6 Å². The van der Waals surface area contributed by atoms with E-state index in [1.54, 1.807) is 0 Å². The average Bonchev–Trinajstić information content (AvgIpc) is 2.59. The van der Waals surface area contributed by atoms with Crippen molar-refractivity contribution in [3.8, 4) is 0 Å². The van der Waals surface area contributed by atoms with Crippen LogP contribution in [-0.4, -0.2) is 23.4 Å². The summed E-state index contributed by atoms with van der Waals surface area (Å²) in [5.41, 5.74) is 0.921. The van der Waals surface area contributed by atoms with Crippen molar-refractivity contribution >= 4 is 12.0 Å². The van der Waals surface area contributed by atoms with E-state index in [0.29, 0.717) is 24.8 Å². The summed E-state index contributed by atoms with van der Waals surface area (Å²) in [4.78, 5) is 25.3. The molecule has 0 N–H and O–H groups in total. The van der Waals surface area contributed by atoms with Gasteiger partial charge in [0.15, 0.2) is 0 Å². The molecule has 2 rings (SSSR count). The van der Waals surface area contributed by atoms with Crippen LogP contribution < -0.4 is 0 Å². The predicted molar refractivity (Wildman–Crippen MR) is 75.9 cm³/mol. The standard InChI is InChI=1S/C16H21NO3/c1-12-8-9-15(18)17(10-13(12)2)16(19)20-11-14-6-4-3-5-7-14/h3-7,12-13H,8-11H2,1-2H3/t12-,13-/m0/s1. The van der Waals surface area contributed by atoms with Crippen LogP contribution in [0.1, 0.15) is 32.3 Å². The highest BCUT2D eigenvalue weighted by Gasteiger charge is 2.30. The van der Waals surface area contributed by atoms with Crippen LogP contribution in [0.15, 0.2) is 30.3 Å². The Labute approximate surface area is 119 Å². The number of amides is 2. The summed E-state index contributed by atoms with van der Waals surface area (Å²) in [6.07, 6.45) is 0.730. The molecule has 1 aromatic rings. The summed E-state index contributed by atoms with van der Waals surface area (Å²) in [5.74, 6) is 0.635. The van der Waals surface area contributed by atoms with Crippen LogP contribution in [0.4, 0.5) is 4.79 Å². The van der Waals surface area contributed by atoms with Gasteiger partial charge in [-0.3, -0.25) is 4.79 Å². The maximum absolute atomic E-state index is 12.1. The molecular formula is C16H21NO3. The summed E-state index contributed by atoms with van der Waals surface area (Å²) < 4.78 is 5.24. The predicted octanol–water partition coefficient (Wildman–Crippen LogP) is 3.22. The van der Waals surface area contributed by atoms with E-state index >= 15 is 0 Å². The molecule has 0 aromatic heterocycles. The molecule has 4 nitrogen and oxygen atoms in total. The smallest absolute Gasteiger partial charge is 0.416 e. The molecule has 1 saturated heterocycles. The molecule has 1 aliphatic heterocycles. The van der Waals surface area contributed by atoms with E-state index in [1.807, 2.05) is 30.3 Å². The van der Waals surface area contributed by atoms with E-state index in [1.165, 1.54) is 4.90 Å². The normalized spacial score (nSPS) is 23.3. The zero-order valence-electron chi connectivity index (χ0n) is 12.0. The maximum atomic E-state index is 12.1. The number of rotatable bonds is 2. The number of ether oxygens (including phenoxy) is 1. The lowest BCUT2D eigenvalue weighted by atomic mass is 9.93. The molecule has 1 heterocycles. The number of carbonyl (C=O) groups excluding carboxylic acids is 2. The lowest BCUT2D eigenvalue weighted by Crippen LogP contribution is -2.38. The van der Waals surface area contributed by atoms with Crippen LogP contribution in [0, 0.1) is 11.8 Å². The first-order valence-electron chi connectivity index (χ1n) is 7.09. The number of likely N-dealkylation sites (tertiary alicyclic amines) is 1. The van der Waals surface area contributed by atoms with E-state index in [0.717, 1.165) is 12.0 Å². The number of hydrogen-bond donors (Lipinski definition) is 0. The Hall–Kier alpha value is -1.84. The second kappa shape index (κ2) is 6.55. The van der Waals surface area contributed by atoms with Gasteiger partial charge in [0.1, 0.15) is 6.61 Å². The third-order valence-electron chi connectivity index (χ3n) is 3.98. The van der Waals surface area contributed by atoms with Crippen molar-refractivity contribution in [3.05, 3.63) is 35.9 Å². The second-order valence-electron chi connectivity index (χ2n) is 5.54. The van der Waals surface area contributed by atoms with Gasteiger partial charge in [-0.2, -0.15) is 0 Å². The van der Waals surface area contributed by atoms with Gasteiger partial charge in [-0.1, -0.05) is 44.2 Å². The molecule has 1 aliphatic rings. The van der Waals surface area contributed by atoms with Gasteiger partial charge in [0.25, 0.3) is 0 Å². The van der Waals surface area contributed by atoms with Crippen molar-refractivity contribution in [1.82, 2.24) is 4.90 Å². The van der Waals surface area contributed by atoms with Gasteiger partial charge in [0.05, 0.1) is 0 Å². The van der Waals surface area contributed by atoms with Gasteiger partial charge in [-0.05, 0) is 23.8 Å². The van der Waals surface area contributed by atoms with Gasteiger partial charge >= 0.3 is 6.09 Å². The first kappa shape index (κ1) is 14.6. The molecule has 0 spiro atoms. The molecule has 1 fully saturated rings. The van der Waals surface area contributed by atoms with Crippen molar-refractivity contribution in [2.24, 2.45) is 11.8 Å². The summed E-state index contributed by atoms with van der Waals surface area (Å²) in [7, 11) is 0. The summed E-state index contributed by atoms with van der Waals surface area (Å²) in [6, 6.07) is 9.48. The minimum Gasteiger partial charge on any atom is -0.444 e. The Balaban J connectivity index is 1.95. The van der Waals surface area contributed by atoms with E-state index in [-0.39, 0.29) is 12.5 Å². The lowest BCUT2D eigenvalue weighted by molar-refractivity contribution is -0.129. The van der Waals surface area contributed by atoms with Gasteiger partial charge in [0.2, 0.25) is 5.91 Å². The third kappa shape index (κ3) is 3.59. The monoisotopic (exact) mass is 275 g/mol. The summed E-state index contributed by atoms with van der Waals surface area (Å²) in [6.45, 7) is 4.85. The molecule has 0 bridgehead atoms. The van der Waals surface area contributed by atoms with Gasteiger partial charge < -0.3 is 4.74 Å². The quantitative estimate of drug-likeness (QED) is 0.832. The molecular weight excluding hydrogens is 254 g/mol. The van der Waals surface area contributed by atoms with Crippen LogP contribution >= 0.6 is 0 Å². The average molecular weight is 275 g/mol. The maximum Gasteiger partial charge on any atom is 0.416 e. The zero-order valence-corrected chi connectivity index (χ0v) is 12.0. The van der Waals surface area contributed by atoms with E-state index < -0.39 is 6.09 Å². The third-order valence-corrected chi connectivity index (χ3v) is 3.98. The molecule has 4 heteroatoms. The molecule has 0 radical (unpaired) electrons. The highest BCUT2D eigenvalue weighted by Crippen LogP contribution is 2.23. The fourth-order valence-electron chi connectivity index (χ4n) is 2.31. The Morgan fingerprint density at radius 2 is 1.95 bits per heavy atom. The van der Waals surface area contributed by atoms with Crippen LogP contribution in [0.5, 0.6) is 0 Å². The minimum absolute atomic E-state index is 0.126. The SMILES string of the molecule is C[C@H]1CCC(=O)N(C(=O)OCc2ccccc2)C[C@@H]1C. The summed E-state index contributed by atoms with van der Waals surface area (Å²) >= 11 is 0. The Bertz CT molecular complexity index is 472. The fraction of sp³-hybridized carbons (Fsp3) is 0.500. The zero-order chi connectivity index (χ0) is 14.5. The number of nitrogens with zero attached hydrogens (tertiary/aromatic N) is 1. The molecule has 2 atom stereocenters. The van der Waals surface area contributed by atoms with E-state index in [9.17, 15) is 9.59 Å². The van der Waals surface area contributed by atoms with E-state index in [2.05, 4.69) is 13.8 Å². The van der Waals surface area contributed by atoms with Gasteiger partial charge in [-0.15, -0.1) is 0 Å². The number of hydrogen-bond acceptors (Lipinski definition) is 3. The molecule has 2 amide bonds. The van der Waals surface area contributed by atoms with Crippen LogP contribution in [-0.2, 0) is 16.1 Å². The molecule has 20 heavy (non-hydrogen) atoms. The lowest BCUT2D eigenvalue weighted by Gasteiger charge is -2.22. The number of imide groups is 1. The summed E-state index contributed by atoms with van der Waals surface area (Å²) in [5, 5.41) is 0. The molecule has 0 aliphatic carbocycles. The molecule has 0 unspecified atom stereocenters. The van der Waals surface area contributed by atoms with E-state index in [4.69, 9.17) is 4.74 Å². The van der Waals surface area contributed by atoms with Crippen LogP contribution in [0.25, 0.3) is 0 Å². The number of benzene rings is 1. The van der Waals surface area contributed by atoms with Gasteiger partial charge in [-0.25, -0.2) is 9.69 Å². The van der Waals surface area contributed by atoms with Crippen LogP contribution in [0.2, 0.25) is 0 Å². The minimum atomic E-state index is -0.528. The van der Waals surface area contributed by atoms with Crippen LogP contribution in [0.3, 0.4) is 0 Å². The Morgan fingerprint density at radius 1 is 1.25 bits per heavy atom. The van der Waals surface area contributed by atoms with Crippen molar-refractivity contribution in [2.45, 2.75) is 33.3 Å². The van der Waals surface area contributed by atoms with Crippen molar-refractivity contribution in [2.75, 3.05) is 6.54 Å².